The van der Waals surface area contributed by atoms with Crippen molar-refractivity contribution in [3.63, 3.8) is 0 Å². The van der Waals surface area contributed by atoms with Gasteiger partial charge in [0.2, 0.25) is 10.0 Å². The van der Waals surface area contributed by atoms with E-state index in [2.05, 4.69) is 4.72 Å². The van der Waals surface area contributed by atoms with Crippen molar-refractivity contribution in [3.05, 3.63) is 29.8 Å². The topological polar surface area (TPSA) is 66.4 Å². The maximum atomic E-state index is 11.9. The van der Waals surface area contributed by atoms with Crippen molar-refractivity contribution in [1.29, 1.82) is 0 Å². The lowest BCUT2D eigenvalue weighted by Gasteiger charge is -2.08. The van der Waals surface area contributed by atoms with Gasteiger partial charge in [-0.3, -0.25) is 0 Å². The van der Waals surface area contributed by atoms with Crippen LogP contribution in [-0.2, 0) is 16.6 Å². The van der Waals surface area contributed by atoms with Gasteiger partial charge >= 0.3 is 6.18 Å². The van der Waals surface area contributed by atoms with Gasteiger partial charge in [0, 0.05) is 13.0 Å². The molecule has 0 aromatic heterocycles. The average molecular weight is 297 g/mol. The fourth-order valence-corrected chi connectivity index (χ4v) is 2.43. The Morgan fingerprint density at radius 1 is 1.16 bits per heavy atom. The van der Waals surface area contributed by atoms with Gasteiger partial charge in [-0.25, -0.2) is 13.1 Å². The van der Waals surface area contributed by atoms with Crippen LogP contribution in [0, 0.1) is 0 Å². The number of hydrogen-bond donors (Lipinski definition) is 2. The third kappa shape index (κ3) is 5.58. The van der Waals surface area contributed by atoms with Gasteiger partial charge in [0.1, 0.15) is 0 Å². The molecule has 4 nitrogen and oxygen atoms in total. The van der Waals surface area contributed by atoms with Gasteiger partial charge in [0.05, 0.1) is 11.5 Å². The standard InChI is InChI=1S/C11H14F3NO3S/c12-11(13,14)6-1-7-15-19(17,18)10-4-2-9(8-16)3-5-10/h2-5,15-16H,1,6-8H2. The molecule has 1 rings (SSSR count). The Morgan fingerprint density at radius 2 is 1.74 bits per heavy atom. The molecule has 0 aliphatic carbocycles. The summed E-state index contributed by atoms with van der Waals surface area (Å²) in [5.74, 6) is 0. The average Bonchev–Trinajstić information content (AvgIpc) is 2.34. The summed E-state index contributed by atoms with van der Waals surface area (Å²) in [5.41, 5.74) is 0.552. The molecule has 0 aliphatic heterocycles. The van der Waals surface area contributed by atoms with E-state index >= 15 is 0 Å². The number of nitrogens with one attached hydrogen (secondary N) is 1. The molecule has 0 fully saturated rings. The van der Waals surface area contributed by atoms with Crippen molar-refractivity contribution in [2.24, 2.45) is 0 Å². The van der Waals surface area contributed by atoms with Crippen LogP contribution in [0.2, 0.25) is 0 Å². The van der Waals surface area contributed by atoms with Gasteiger partial charge < -0.3 is 5.11 Å². The van der Waals surface area contributed by atoms with E-state index in [1.54, 1.807) is 0 Å². The zero-order valence-corrected chi connectivity index (χ0v) is 10.8. The molecule has 0 saturated carbocycles. The van der Waals surface area contributed by atoms with E-state index < -0.39 is 22.6 Å². The lowest BCUT2D eigenvalue weighted by atomic mass is 10.2. The lowest BCUT2D eigenvalue weighted by molar-refractivity contribution is -0.135. The molecular weight excluding hydrogens is 283 g/mol. The Balaban J connectivity index is 2.56. The fraction of sp³-hybridized carbons (Fsp3) is 0.455. The first-order valence-corrected chi connectivity index (χ1v) is 6.99. The highest BCUT2D eigenvalue weighted by atomic mass is 32.2. The van der Waals surface area contributed by atoms with Crippen LogP contribution in [0.15, 0.2) is 29.2 Å². The van der Waals surface area contributed by atoms with Crippen molar-refractivity contribution in [3.8, 4) is 0 Å². The Kier molecular flexibility index (Phi) is 5.33. The molecule has 0 radical (unpaired) electrons. The Labute approximate surface area is 109 Å². The molecule has 108 valence electrons. The molecule has 1 aromatic rings. The van der Waals surface area contributed by atoms with E-state index in [1.807, 2.05) is 0 Å². The third-order valence-electron chi connectivity index (χ3n) is 2.35. The number of rotatable bonds is 6. The minimum atomic E-state index is -4.28. The maximum absolute atomic E-state index is 11.9. The van der Waals surface area contributed by atoms with Gasteiger partial charge in [-0.1, -0.05) is 12.1 Å². The van der Waals surface area contributed by atoms with E-state index in [0.29, 0.717) is 5.56 Å². The first-order valence-electron chi connectivity index (χ1n) is 5.51. The quantitative estimate of drug-likeness (QED) is 0.787. The predicted molar refractivity (Wildman–Crippen MR) is 62.8 cm³/mol. The highest BCUT2D eigenvalue weighted by molar-refractivity contribution is 7.89. The molecule has 19 heavy (non-hydrogen) atoms. The summed E-state index contributed by atoms with van der Waals surface area (Å²) in [6, 6.07) is 5.45. The maximum Gasteiger partial charge on any atom is 0.389 e. The highest BCUT2D eigenvalue weighted by Gasteiger charge is 2.26. The summed E-state index contributed by atoms with van der Waals surface area (Å²) in [6.07, 6.45) is -5.62. The van der Waals surface area contributed by atoms with Crippen LogP contribution in [0.25, 0.3) is 0 Å². The first kappa shape index (κ1) is 15.9. The van der Waals surface area contributed by atoms with Gasteiger partial charge in [0.25, 0.3) is 0 Å². The molecule has 0 spiro atoms. The van der Waals surface area contributed by atoms with Crippen molar-refractivity contribution >= 4 is 10.0 Å². The molecule has 0 heterocycles. The summed E-state index contributed by atoms with van der Waals surface area (Å²) < 4.78 is 61.1. The molecule has 0 saturated heterocycles. The molecule has 0 aliphatic rings. The lowest BCUT2D eigenvalue weighted by Crippen LogP contribution is -2.25. The number of aliphatic hydroxyl groups excluding tert-OH is 1. The van der Waals surface area contributed by atoms with E-state index in [9.17, 15) is 21.6 Å². The Morgan fingerprint density at radius 3 is 2.21 bits per heavy atom. The number of halogens is 3. The summed E-state index contributed by atoms with van der Waals surface area (Å²) in [7, 11) is -3.80. The van der Waals surface area contributed by atoms with Crippen LogP contribution in [0.4, 0.5) is 13.2 Å². The second kappa shape index (κ2) is 6.36. The van der Waals surface area contributed by atoms with E-state index in [1.165, 1.54) is 24.3 Å². The number of sulfonamides is 1. The monoisotopic (exact) mass is 297 g/mol. The summed E-state index contributed by atoms with van der Waals surface area (Å²) in [5, 5.41) is 8.81. The molecule has 2 N–H and O–H groups in total. The largest absolute Gasteiger partial charge is 0.392 e. The van der Waals surface area contributed by atoms with E-state index in [4.69, 9.17) is 5.11 Å². The predicted octanol–water partition coefficient (Wildman–Crippen LogP) is 1.80. The Bertz CT molecular complexity index is 497. The highest BCUT2D eigenvalue weighted by Crippen LogP contribution is 2.21. The minimum absolute atomic E-state index is 0.0447. The molecule has 0 bridgehead atoms. The first-order chi connectivity index (χ1) is 8.74. The van der Waals surface area contributed by atoms with Crippen LogP contribution in [0.1, 0.15) is 18.4 Å². The normalized spacial score (nSPS) is 12.6. The Hall–Kier alpha value is -1.12. The van der Waals surface area contributed by atoms with Crippen LogP contribution in [-0.4, -0.2) is 26.2 Å². The van der Waals surface area contributed by atoms with Crippen LogP contribution in [0.3, 0.4) is 0 Å². The number of benzene rings is 1. The molecule has 0 atom stereocenters. The van der Waals surface area contributed by atoms with Gasteiger partial charge in [0.15, 0.2) is 0 Å². The number of aliphatic hydroxyl groups is 1. The second-order valence-corrected chi connectivity index (χ2v) is 5.69. The SMILES string of the molecule is O=S(=O)(NCCCC(F)(F)F)c1ccc(CO)cc1. The molecule has 0 amide bonds. The third-order valence-corrected chi connectivity index (χ3v) is 3.82. The van der Waals surface area contributed by atoms with Crippen molar-refractivity contribution in [2.45, 2.75) is 30.5 Å². The van der Waals surface area contributed by atoms with Gasteiger partial charge in [-0.05, 0) is 24.1 Å². The van der Waals surface area contributed by atoms with Crippen molar-refractivity contribution in [1.82, 2.24) is 4.72 Å². The van der Waals surface area contributed by atoms with E-state index in [-0.39, 0.29) is 24.5 Å². The van der Waals surface area contributed by atoms with Crippen LogP contribution >= 0.6 is 0 Å². The number of alkyl halides is 3. The molecule has 1 aromatic carbocycles. The van der Waals surface area contributed by atoms with Gasteiger partial charge in [-0.2, -0.15) is 13.2 Å². The van der Waals surface area contributed by atoms with E-state index in [0.717, 1.165) is 0 Å². The summed E-state index contributed by atoms with van der Waals surface area (Å²) >= 11 is 0. The number of hydrogen-bond acceptors (Lipinski definition) is 3. The zero-order valence-electron chi connectivity index (χ0n) is 9.94. The van der Waals surface area contributed by atoms with Crippen LogP contribution < -0.4 is 4.72 Å². The summed E-state index contributed by atoms with van der Waals surface area (Å²) in [4.78, 5) is -0.0447. The molecular formula is C11H14F3NO3S. The smallest absolute Gasteiger partial charge is 0.389 e. The van der Waals surface area contributed by atoms with Crippen LogP contribution in [0.5, 0.6) is 0 Å². The minimum Gasteiger partial charge on any atom is -0.392 e. The second-order valence-electron chi connectivity index (χ2n) is 3.92. The van der Waals surface area contributed by atoms with Crippen molar-refractivity contribution in [2.75, 3.05) is 6.54 Å². The summed E-state index contributed by atoms with van der Waals surface area (Å²) in [6.45, 7) is -0.483. The van der Waals surface area contributed by atoms with Crippen molar-refractivity contribution < 1.29 is 26.7 Å². The molecule has 0 unspecified atom stereocenters. The zero-order chi connectivity index (χ0) is 14.5. The molecule has 8 heteroatoms. The fourth-order valence-electron chi connectivity index (χ4n) is 1.35. The van der Waals surface area contributed by atoms with Gasteiger partial charge in [-0.15, -0.1) is 0 Å².